The molecule has 2 heterocycles. The van der Waals surface area contributed by atoms with Crippen molar-refractivity contribution < 1.29 is 9.90 Å². The summed E-state index contributed by atoms with van der Waals surface area (Å²) >= 11 is 0. The first-order valence-electron chi connectivity index (χ1n) is 6.35. The number of carbonyl (C=O) groups is 1. The molecule has 1 saturated heterocycles. The van der Waals surface area contributed by atoms with E-state index in [0.717, 1.165) is 25.2 Å². The third kappa shape index (κ3) is 2.41. The van der Waals surface area contributed by atoms with Crippen molar-refractivity contribution in [3.8, 4) is 0 Å². The summed E-state index contributed by atoms with van der Waals surface area (Å²) < 4.78 is 1.94. The number of hydrogen-bond acceptors (Lipinski definition) is 3. The van der Waals surface area contributed by atoms with Gasteiger partial charge in [0.05, 0.1) is 6.54 Å². The second-order valence-electron chi connectivity index (χ2n) is 5.76. The van der Waals surface area contributed by atoms with Crippen molar-refractivity contribution in [1.29, 1.82) is 0 Å². The van der Waals surface area contributed by atoms with Gasteiger partial charge in [0.15, 0.2) is 0 Å². The molecule has 5 heteroatoms. The minimum Gasteiger partial charge on any atom is -0.480 e. The van der Waals surface area contributed by atoms with Crippen LogP contribution >= 0.6 is 0 Å². The van der Waals surface area contributed by atoms with Crippen LogP contribution in [-0.2, 0) is 18.4 Å². The van der Waals surface area contributed by atoms with Crippen LogP contribution in [0.3, 0.4) is 0 Å². The molecule has 0 aliphatic carbocycles. The van der Waals surface area contributed by atoms with Crippen molar-refractivity contribution >= 4 is 5.97 Å². The molecule has 0 radical (unpaired) electrons. The Morgan fingerprint density at radius 2 is 2.33 bits per heavy atom. The maximum Gasteiger partial charge on any atom is 0.321 e. The Morgan fingerprint density at radius 1 is 1.61 bits per heavy atom. The van der Waals surface area contributed by atoms with E-state index in [1.165, 1.54) is 0 Å². The van der Waals surface area contributed by atoms with Gasteiger partial charge in [0.2, 0.25) is 0 Å². The number of aliphatic carboxylic acids is 1. The standard InChI is InChI=1S/C13H21N3O2/c1-13(2)5-4-7-16(11(13)12(17)18)9-10-14-6-8-15(10)3/h6,8,11H,4-5,7,9H2,1-3H3,(H,17,18). The first-order valence-corrected chi connectivity index (χ1v) is 6.35. The smallest absolute Gasteiger partial charge is 0.321 e. The van der Waals surface area contributed by atoms with Gasteiger partial charge in [-0.05, 0) is 24.8 Å². The highest BCUT2D eigenvalue weighted by atomic mass is 16.4. The zero-order valence-corrected chi connectivity index (χ0v) is 11.3. The number of likely N-dealkylation sites (tertiary alicyclic amines) is 1. The van der Waals surface area contributed by atoms with Crippen molar-refractivity contribution in [2.24, 2.45) is 12.5 Å². The second kappa shape index (κ2) is 4.72. The average molecular weight is 251 g/mol. The third-order valence-electron chi connectivity index (χ3n) is 3.87. The lowest BCUT2D eigenvalue weighted by molar-refractivity contribution is -0.151. The normalized spacial score (nSPS) is 24.1. The van der Waals surface area contributed by atoms with E-state index in [-0.39, 0.29) is 5.41 Å². The molecule has 0 saturated carbocycles. The Labute approximate surface area is 107 Å². The van der Waals surface area contributed by atoms with Gasteiger partial charge in [0.1, 0.15) is 11.9 Å². The molecule has 5 nitrogen and oxygen atoms in total. The molecule has 1 aromatic heterocycles. The van der Waals surface area contributed by atoms with E-state index in [4.69, 9.17) is 0 Å². The van der Waals surface area contributed by atoms with Crippen molar-refractivity contribution in [3.05, 3.63) is 18.2 Å². The molecule has 1 aliphatic rings. The fraction of sp³-hybridized carbons (Fsp3) is 0.692. The Bertz CT molecular complexity index is 439. The SMILES string of the molecule is Cn1ccnc1CN1CCCC(C)(C)C1C(=O)O. The largest absolute Gasteiger partial charge is 0.480 e. The van der Waals surface area contributed by atoms with E-state index in [0.29, 0.717) is 6.54 Å². The summed E-state index contributed by atoms with van der Waals surface area (Å²) in [4.78, 5) is 17.8. The Balaban J connectivity index is 2.20. The summed E-state index contributed by atoms with van der Waals surface area (Å²) in [7, 11) is 1.94. The lowest BCUT2D eigenvalue weighted by Gasteiger charge is -2.43. The van der Waals surface area contributed by atoms with Crippen LogP contribution in [-0.4, -0.2) is 38.1 Å². The van der Waals surface area contributed by atoms with Gasteiger partial charge in [0.25, 0.3) is 0 Å². The topological polar surface area (TPSA) is 58.4 Å². The van der Waals surface area contributed by atoms with E-state index in [9.17, 15) is 9.90 Å². The number of hydrogen-bond donors (Lipinski definition) is 1. The van der Waals surface area contributed by atoms with Crippen molar-refractivity contribution in [3.63, 3.8) is 0 Å². The van der Waals surface area contributed by atoms with Gasteiger partial charge in [-0.15, -0.1) is 0 Å². The lowest BCUT2D eigenvalue weighted by atomic mass is 9.76. The molecule has 18 heavy (non-hydrogen) atoms. The first-order chi connectivity index (χ1) is 8.42. The van der Waals surface area contributed by atoms with Crippen LogP contribution in [0.25, 0.3) is 0 Å². The monoisotopic (exact) mass is 251 g/mol. The highest BCUT2D eigenvalue weighted by Gasteiger charge is 2.42. The Hall–Kier alpha value is -1.36. The molecule has 2 rings (SSSR count). The summed E-state index contributed by atoms with van der Waals surface area (Å²) in [6, 6.07) is -0.428. The number of piperidine rings is 1. The van der Waals surface area contributed by atoms with E-state index in [2.05, 4.69) is 4.98 Å². The van der Waals surface area contributed by atoms with Gasteiger partial charge in [-0.2, -0.15) is 0 Å². The van der Waals surface area contributed by atoms with E-state index in [1.54, 1.807) is 6.20 Å². The minimum absolute atomic E-state index is 0.185. The number of carboxylic acid groups (broad SMARTS) is 1. The minimum atomic E-state index is -0.728. The third-order valence-corrected chi connectivity index (χ3v) is 3.87. The predicted octanol–water partition coefficient (Wildman–Crippen LogP) is 1.50. The van der Waals surface area contributed by atoms with Gasteiger partial charge in [-0.25, -0.2) is 4.98 Å². The number of aryl methyl sites for hydroxylation is 1. The summed E-state index contributed by atoms with van der Waals surface area (Å²) in [5, 5.41) is 9.47. The molecule has 1 atom stereocenters. The van der Waals surface area contributed by atoms with Crippen LogP contribution in [0.2, 0.25) is 0 Å². The Kier molecular flexibility index (Phi) is 3.43. The summed E-state index contributed by atoms with van der Waals surface area (Å²) in [5.74, 6) is 0.188. The maximum absolute atomic E-state index is 11.5. The number of carboxylic acids is 1. The van der Waals surface area contributed by atoms with Gasteiger partial charge in [-0.1, -0.05) is 13.8 Å². The zero-order valence-electron chi connectivity index (χ0n) is 11.3. The van der Waals surface area contributed by atoms with Crippen LogP contribution in [0.15, 0.2) is 12.4 Å². The highest BCUT2D eigenvalue weighted by Crippen LogP contribution is 2.35. The molecule has 1 aromatic rings. The molecule has 100 valence electrons. The first kappa shape index (κ1) is 13.1. The van der Waals surface area contributed by atoms with Crippen molar-refractivity contribution in [2.45, 2.75) is 39.3 Å². The number of nitrogens with zero attached hydrogens (tertiary/aromatic N) is 3. The molecule has 1 N–H and O–H groups in total. The quantitative estimate of drug-likeness (QED) is 0.884. The second-order valence-corrected chi connectivity index (χ2v) is 5.76. The molecule has 1 aliphatic heterocycles. The van der Waals surface area contributed by atoms with E-state index in [1.807, 2.05) is 36.6 Å². The zero-order chi connectivity index (χ0) is 13.3. The summed E-state index contributed by atoms with van der Waals surface area (Å²) in [6.07, 6.45) is 5.64. The van der Waals surface area contributed by atoms with E-state index >= 15 is 0 Å². The van der Waals surface area contributed by atoms with Gasteiger partial charge in [0, 0.05) is 19.4 Å². The number of imidazole rings is 1. The molecular weight excluding hydrogens is 230 g/mol. The lowest BCUT2D eigenvalue weighted by Crippen LogP contribution is -2.53. The molecular formula is C13H21N3O2. The van der Waals surface area contributed by atoms with Crippen LogP contribution in [0, 0.1) is 5.41 Å². The van der Waals surface area contributed by atoms with Crippen LogP contribution in [0.4, 0.5) is 0 Å². The molecule has 0 spiro atoms. The highest BCUT2D eigenvalue weighted by molar-refractivity contribution is 5.74. The van der Waals surface area contributed by atoms with Gasteiger partial charge in [-0.3, -0.25) is 9.69 Å². The van der Waals surface area contributed by atoms with E-state index < -0.39 is 12.0 Å². The van der Waals surface area contributed by atoms with Crippen LogP contribution in [0.1, 0.15) is 32.5 Å². The molecule has 1 unspecified atom stereocenters. The summed E-state index contributed by atoms with van der Waals surface area (Å²) in [5.41, 5.74) is -0.185. The van der Waals surface area contributed by atoms with Gasteiger partial charge < -0.3 is 9.67 Å². The average Bonchev–Trinajstić information content (AvgIpc) is 2.62. The molecule has 0 aromatic carbocycles. The fourth-order valence-corrected chi connectivity index (χ4v) is 2.89. The fourth-order valence-electron chi connectivity index (χ4n) is 2.89. The maximum atomic E-state index is 11.5. The number of aromatic nitrogens is 2. The number of rotatable bonds is 3. The van der Waals surface area contributed by atoms with Crippen LogP contribution in [0.5, 0.6) is 0 Å². The molecule has 1 fully saturated rings. The van der Waals surface area contributed by atoms with Gasteiger partial charge >= 0.3 is 5.97 Å². The molecule has 0 bridgehead atoms. The summed E-state index contributed by atoms with van der Waals surface area (Å²) in [6.45, 7) is 5.50. The van der Waals surface area contributed by atoms with Crippen molar-refractivity contribution in [1.82, 2.24) is 14.5 Å². The molecule has 0 amide bonds. The van der Waals surface area contributed by atoms with Crippen molar-refractivity contribution in [2.75, 3.05) is 6.54 Å². The Morgan fingerprint density at radius 3 is 2.89 bits per heavy atom. The predicted molar refractivity (Wildman–Crippen MR) is 68.1 cm³/mol. The van der Waals surface area contributed by atoms with Crippen LogP contribution < -0.4 is 0 Å².